The molecule has 0 aliphatic heterocycles. The van der Waals surface area contributed by atoms with Gasteiger partial charge in [0.05, 0.1) is 0 Å². The van der Waals surface area contributed by atoms with Crippen molar-refractivity contribution in [1.82, 2.24) is 0 Å². The van der Waals surface area contributed by atoms with Gasteiger partial charge in [0.2, 0.25) is 0 Å². The van der Waals surface area contributed by atoms with Crippen molar-refractivity contribution in [2.45, 2.75) is 78.9 Å². The van der Waals surface area contributed by atoms with E-state index in [4.69, 9.17) is 17.2 Å². The summed E-state index contributed by atoms with van der Waals surface area (Å²) >= 11 is 0. The van der Waals surface area contributed by atoms with Crippen LogP contribution in [0.25, 0.3) is 17.2 Å². The predicted octanol–water partition coefficient (Wildman–Crippen LogP) is 6.97. The average Bonchev–Trinajstić information content (AvgIpc) is 3.03. The fourth-order valence-electron chi connectivity index (χ4n) is 0.563. The molecule has 0 saturated heterocycles. The fourth-order valence-corrected chi connectivity index (χ4v) is 1.13. The SMILES string of the molecule is CCC(C)[NH-].CCC(C)[NH-].CCC(C)[NH-].F[Si](F)(F)[c-]1cccc1.[Zr+4]. The molecule has 1 rings (SSSR count). The molecule has 1 aromatic rings. The van der Waals surface area contributed by atoms with Gasteiger partial charge in [-0.05, 0) is 0 Å². The molecule has 3 nitrogen and oxygen atoms in total. The summed E-state index contributed by atoms with van der Waals surface area (Å²) in [4.78, 5) is 0. The van der Waals surface area contributed by atoms with Crippen LogP contribution >= 0.6 is 0 Å². The molecular formula is C17H34F3N3SiZr. The molecule has 3 unspecified atom stereocenters. The normalized spacial score (nSPS) is 13.3. The zero-order valence-electron chi connectivity index (χ0n) is 16.3. The largest absolute Gasteiger partial charge is 4.00 e. The summed E-state index contributed by atoms with van der Waals surface area (Å²) in [5.74, 6) is 0. The summed E-state index contributed by atoms with van der Waals surface area (Å²) in [5.41, 5.74) is 20.5. The van der Waals surface area contributed by atoms with Crippen molar-refractivity contribution in [3.63, 3.8) is 0 Å². The molecule has 0 heterocycles. The molecule has 1 aromatic carbocycles. The summed E-state index contributed by atoms with van der Waals surface area (Å²) in [5, 5.41) is -0.442. The van der Waals surface area contributed by atoms with Crippen molar-refractivity contribution in [3.05, 3.63) is 41.5 Å². The molecule has 0 saturated carbocycles. The van der Waals surface area contributed by atoms with Gasteiger partial charge in [-0.1, -0.05) is 66.0 Å². The van der Waals surface area contributed by atoms with E-state index in [0.717, 1.165) is 31.4 Å². The van der Waals surface area contributed by atoms with E-state index < -0.39 is 14.3 Å². The molecule has 3 atom stereocenters. The first-order chi connectivity index (χ1) is 10.9. The molecule has 146 valence electrons. The van der Waals surface area contributed by atoms with Gasteiger partial charge in [-0.3, -0.25) is 0 Å². The first kappa shape index (κ1) is 32.8. The minimum absolute atomic E-state index is 0. The van der Waals surface area contributed by atoms with Gasteiger partial charge in [0, 0.05) is 0 Å². The topological polar surface area (TPSA) is 71.4 Å². The fraction of sp³-hybridized carbons (Fsp3) is 0.706. The van der Waals surface area contributed by atoms with Crippen molar-refractivity contribution in [2.24, 2.45) is 0 Å². The van der Waals surface area contributed by atoms with Crippen LogP contribution in [0.15, 0.2) is 24.3 Å². The van der Waals surface area contributed by atoms with Gasteiger partial charge >= 0.3 is 35.3 Å². The van der Waals surface area contributed by atoms with Crippen LogP contribution in [0.5, 0.6) is 0 Å². The third-order valence-electron chi connectivity index (χ3n) is 2.83. The Hall–Kier alpha value is 0.120. The Bertz CT molecular complexity index is 324. The Balaban J connectivity index is -0.000000122. The van der Waals surface area contributed by atoms with Crippen LogP contribution < -0.4 is 5.19 Å². The van der Waals surface area contributed by atoms with Crippen LogP contribution in [0.4, 0.5) is 12.3 Å². The van der Waals surface area contributed by atoms with E-state index in [0.29, 0.717) is 0 Å². The maximum Gasteiger partial charge on any atom is 4.00 e. The molecule has 0 aliphatic carbocycles. The van der Waals surface area contributed by atoms with Crippen molar-refractivity contribution in [3.8, 4) is 0 Å². The maximum absolute atomic E-state index is 11.8. The van der Waals surface area contributed by atoms with Gasteiger partial charge in [0.25, 0.3) is 0 Å². The quantitative estimate of drug-likeness (QED) is 0.267. The van der Waals surface area contributed by atoms with Crippen LogP contribution in [0.1, 0.15) is 60.8 Å². The molecule has 0 aromatic heterocycles. The van der Waals surface area contributed by atoms with Gasteiger partial charge in [0.1, 0.15) is 0 Å². The molecule has 0 fully saturated rings. The molecule has 3 N–H and O–H groups in total. The first-order valence-corrected chi connectivity index (χ1v) is 9.97. The second-order valence-corrected chi connectivity index (χ2v) is 7.17. The van der Waals surface area contributed by atoms with Crippen molar-refractivity contribution in [1.29, 1.82) is 0 Å². The molecule has 0 aliphatic rings. The summed E-state index contributed by atoms with van der Waals surface area (Å²) in [6.07, 6.45) is 2.92. The smallest absolute Gasteiger partial charge is 0.675 e. The van der Waals surface area contributed by atoms with Gasteiger partial charge < -0.3 is 17.2 Å². The molecule has 8 heteroatoms. The number of rotatable bonds is 4. The van der Waals surface area contributed by atoms with Gasteiger partial charge in [-0.2, -0.15) is 12.1 Å². The Morgan fingerprint density at radius 1 is 0.760 bits per heavy atom. The van der Waals surface area contributed by atoms with Crippen LogP contribution in [0.3, 0.4) is 0 Å². The van der Waals surface area contributed by atoms with E-state index in [1.807, 2.05) is 41.5 Å². The van der Waals surface area contributed by atoms with Crippen molar-refractivity contribution >= 4 is 14.3 Å². The molecule has 25 heavy (non-hydrogen) atoms. The second-order valence-electron chi connectivity index (χ2n) is 5.60. The Morgan fingerprint density at radius 2 is 0.960 bits per heavy atom. The Kier molecular flexibility index (Phi) is 26.8. The predicted molar refractivity (Wildman–Crippen MR) is 103 cm³/mol. The molecular weight excluding hydrogens is 423 g/mol. The number of hydrogen-bond donors (Lipinski definition) is 0. The minimum Gasteiger partial charge on any atom is -0.675 e. The van der Waals surface area contributed by atoms with E-state index >= 15 is 0 Å². The van der Waals surface area contributed by atoms with E-state index in [2.05, 4.69) is 0 Å². The summed E-state index contributed by atoms with van der Waals surface area (Å²) in [6, 6.07) is 5.41. The van der Waals surface area contributed by atoms with Gasteiger partial charge in [-0.25, -0.2) is 24.5 Å². The molecule has 0 spiro atoms. The van der Waals surface area contributed by atoms with E-state index in [9.17, 15) is 12.3 Å². The van der Waals surface area contributed by atoms with Gasteiger partial charge in [0.15, 0.2) is 0 Å². The Morgan fingerprint density at radius 3 is 1.04 bits per heavy atom. The minimum atomic E-state index is -5.48. The monoisotopic (exact) mass is 455 g/mol. The number of hydrogen-bond acceptors (Lipinski definition) is 0. The third kappa shape index (κ3) is 32.3. The van der Waals surface area contributed by atoms with Crippen LogP contribution in [0, 0.1) is 0 Å². The van der Waals surface area contributed by atoms with Crippen molar-refractivity contribution < 1.29 is 38.5 Å². The molecule has 0 radical (unpaired) electrons. The second kappa shape index (κ2) is 20.4. The summed E-state index contributed by atoms with van der Waals surface area (Å²) in [6.45, 7) is 11.7. The standard InChI is InChI=1S/C5H4F3Si.3C4H10N.Zr/c6-9(7,8)5-3-1-2-4-5;3*1-3-4(2)5;/h1-4H;3*4-5H,3H2,1-2H3;/q4*-1;+4. The zero-order valence-corrected chi connectivity index (χ0v) is 19.8. The molecule has 0 amide bonds. The van der Waals surface area contributed by atoms with E-state index in [1.54, 1.807) is 0 Å². The van der Waals surface area contributed by atoms with E-state index in [-0.39, 0.29) is 44.3 Å². The molecule has 0 bridgehead atoms. The van der Waals surface area contributed by atoms with Crippen molar-refractivity contribution in [2.75, 3.05) is 0 Å². The van der Waals surface area contributed by atoms with E-state index in [1.165, 1.54) is 12.1 Å². The Labute approximate surface area is 172 Å². The van der Waals surface area contributed by atoms with Gasteiger partial charge in [-0.15, -0.1) is 18.1 Å². The van der Waals surface area contributed by atoms with Crippen LogP contribution in [-0.2, 0) is 26.2 Å². The average molecular weight is 457 g/mol. The first-order valence-electron chi connectivity index (χ1n) is 8.34. The summed E-state index contributed by atoms with van der Waals surface area (Å²) < 4.78 is 35.3. The maximum atomic E-state index is 11.8. The summed E-state index contributed by atoms with van der Waals surface area (Å²) in [7, 11) is -5.48. The number of nitrogens with one attached hydrogen (secondary N) is 3. The van der Waals surface area contributed by atoms with Crippen LogP contribution in [-0.4, -0.2) is 27.2 Å². The zero-order chi connectivity index (χ0) is 19.8. The number of halogens is 3. The van der Waals surface area contributed by atoms with Crippen LogP contribution in [0.2, 0.25) is 0 Å². The third-order valence-corrected chi connectivity index (χ3v) is 3.82.